The van der Waals surface area contributed by atoms with E-state index in [1.807, 2.05) is 65.2 Å². The first-order valence-corrected chi connectivity index (χ1v) is 6.41. The van der Waals surface area contributed by atoms with E-state index < -0.39 is 0 Å². The fourth-order valence-electron chi connectivity index (χ4n) is 2.41. The van der Waals surface area contributed by atoms with Crippen LogP contribution in [0, 0.1) is 16.7 Å². The van der Waals surface area contributed by atoms with Gasteiger partial charge in [0.05, 0.1) is 5.69 Å². The Morgan fingerprint density at radius 3 is 2.30 bits per heavy atom. The van der Waals surface area contributed by atoms with Gasteiger partial charge in [0.1, 0.15) is 17.1 Å². The number of nitrogens with zero attached hydrogens (tertiary/aromatic N) is 2. The molecule has 1 aliphatic heterocycles. The zero-order valence-corrected chi connectivity index (χ0v) is 10.9. The third kappa shape index (κ3) is 1.98. The molecule has 3 rings (SSSR count). The molecule has 0 aromatic heterocycles. The van der Waals surface area contributed by atoms with Crippen LogP contribution in [-0.2, 0) is 6.54 Å². The molecule has 0 unspecified atom stereocenters. The molecule has 0 spiro atoms. The Kier molecular flexibility index (Phi) is 3.06. The van der Waals surface area contributed by atoms with Crippen molar-refractivity contribution >= 4 is 0 Å². The minimum absolute atomic E-state index is 0.276. The fourth-order valence-corrected chi connectivity index (χ4v) is 2.41. The molecule has 0 bridgehead atoms. The highest BCUT2D eigenvalue weighted by Crippen LogP contribution is 2.23. The summed E-state index contributed by atoms with van der Waals surface area (Å²) in [5.74, 6) is 0. The van der Waals surface area contributed by atoms with E-state index in [-0.39, 0.29) is 5.49 Å². The van der Waals surface area contributed by atoms with Crippen LogP contribution < -0.4 is 5.49 Å². The van der Waals surface area contributed by atoms with Crippen molar-refractivity contribution in [2.24, 2.45) is 0 Å². The number of hydrogen-bond donors (Lipinski definition) is 1. The topological polar surface area (TPSA) is 52.6 Å². The van der Waals surface area contributed by atoms with Crippen molar-refractivity contribution in [1.82, 2.24) is 4.57 Å². The summed E-state index contributed by atoms with van der Waals surface area (Å²) in [5, 5.41) is 17.5. The largest absolute Gasteiger partial charge is 0.321 e. The van der Waals surface area contributed by atoms with Gasteiger partial charge in [-0.25, -0.2) is 0 Å². The second-order valence-corrected chi connectivity index (χ2v) is 4.62. The van der Waals surface area contributed by atoms with Crippen molar-refractivity contribution in [3.8, 4) is 17.3 Å². The third-order valence-corrected chi connectivity index (χ3v) is 3.38. The quantitative estimate of drug-likeness (QED) is 0.755. The van der Waals surface area contributed by atoms with Gasteiger partial charge in [0.25, 0.3) is 0 Å². The first-order valence-electron chi connectivity index (χ1n) is 6.41. The molecule has 1 aromatic carbocycles. The van der Waals surface area contributed by atoms with Crippen molar-refractivity contribution in [2.45, 2.75) is 6.54 Å². The molecule has 0 amide bonds. The molecular weight excluding hydrogens is 246 g/mol. The number of hydrogen-bond acceptors (Lipinski definition) is 2. The maximum atomic E-state index is 9.29. The molecule has 1 aliphatic carbocycles. The maximum Gasteiger partial charge on any atom is 0.144 e. The number of nitrogens with one attached hydrogen (secondary N) is 1. The Hall–Kier alpha value is -2.86. The van der Waals surface area contributed by atoms with Gasteiger partial charge in [-0.2, -0.15) is 5.26 Å². The van der Waals surface area contributed by atoms with Gasteiger partial charge in [0.15, 0.2) is 0 Å². The summed E-state index contributed by atoms with van der Waals surface area (Å²) in [6, 6.07) is 21.8. The summed E-state index contributed by atoms with van der Waals surface area (Å²) in [5.41, 5.74) is 3.58. The highest BCUT2D eigenvalue weighted by atomic mass is 15.0. The smallest absolute Gasteiger partial charge is 0.144 e. The Morgan fingerprint density at radius 2 is 1.60 bits per heavy atom. The van der Waals surface area contributed by atoms with E-state index in [1.54, 1.807) is 0 Å². The molecule has 2 aliphatic rings. The Labute approximate surface area is 117 Å². The second kappa shape index (κ2) is 5.02. The van der Waals surface area contributed by atoms with Crippen molar-refractivity contribution in [2.75, 3.05) is 0 Å². The SMILES string of the molecule is N#Cc1c2cccccc-2n(Cc2ccccc2)c1=N. The van der Waals surface area contributed by atoms with Gasteiger partial charge in [0.2, 0.25) is 0 Å². The van der Waals surface area contributed by atoms with E-state index in [2.05, 4.69) is 6.07 Å². The van der Waals surface area contributed by atoms with E-state index in [9.17, 15) is 5.26 Å². The van der Waals surface area contributed by atoms with Crippen molar-refractivity contribution < 1.29 is 0 Å². The highest BCUT2D eigenvalue weighted by molar-refractivity contribution is 5.69. The van der Waals surface area contributed by atoms with Gasteiger partial charge in [-0.1, -0.05) is 54.6 Å². The third-order valence-electron chi connectivity index (χ3n) is 3.38. The molecule has 3 nitrogen and oxygen atoms in total. The molecule has 3 heteroatoms. The molecular formula is C17H13N3. The predicted molar refractivity (Wildman–Crippen MR) is 77.2 cm³/mol. The van der Waals surface area contributed by atoms with E-state index in [1.165, 1.54) is 0 Å². The van der Waals surface area contributed by atoms with Gasteiger partial charge in [0, 0.05) is 12.1 Å². The van der Waals surface area contributed by atoms with Crippen LogP contribution in [0.1, 0.15) is 11.1 Å². The standard InChI is InChI=1S/C17H13N3/c18-11-15-14-9-5-2-6-10-16(14)20(17(15)19)12-13-7-3-1-4-8-13/h1-10,19H,12H2. The van der Waals surface area contributed by atoms with Crippen LogP contribution in [0.15, 0.2) is 60.7 Å². The molecule has 0 saturated carbocycles. The average Bonchev–Trinajstić information content (AvgIpc) is 2.64. The van der Waals surface area contributed by atoms with Crippen LogP contribution >= 0.6 is 0 Å². The fraction of sp³-hybridized carbons (Fsp3) is 0.0588. The normalized spacial score (nSPS) is 10.3. The van der Waals surface area contributed by atoms with E-state index in [0.29, 0.717) is 12.1 Å². The Morgan fingerprint density at radius 1 is 0.950 bits per heavy atom. The summed E-state index contributed by atoms with van der Waals surface area (Å²) in [7, 11) is 0. The van der Waals surface area contributed by atoms with Gasteiger partial charge in [-0.05, 0) is 11.6 Å². The van der Waals surface area contributed by atoms with Gasteiger partial charge in [-0.15, -0.1) is 0 Å². The molecule has 0 radical (unpaired) electrons. The van der Waals surface area contributed by atoms with Crippen LogP contribution in [0.3, 0.4) is 0 Å². The highest BCUT2D eigenvalue weighted by Gasteiger charge is 2.16. The van der Waals surface area contributed by atoms with Crippen molar-refractivity contribution in [1.29, 1.82) is 10.7 Å². The van der Waals surface area contributed by atoms with Crippen LogP contribution in [-0.4, -0.2) is 4.57 Å². The lowest BCUT2D eigenvalue weighted by Crippen LogP contribution is -2.17. The van der Waals surface area contributed by atoms with Crippen LogP contribution in [0.2, 0.25) is 0 Å². The van der Waals surface area contributed by atoms with Gasteiger partial charge >= 0.3 is 0 Å². The maximum absolute atomic E-state index is 9.29. The summed E-state index contributed by atoms with van der Waals surface area (Å²) in [6.45, 7) is 0.599. The molecule has 20 heavy (non-hydrogen) atoms. The predicted octanol–water partition coefficient (Wildman–Crippen LogP) is 2.99. The number of rotatable bonds is 2. The van der Waals surface area contributed by atoms with Crippen LogP contribution in [0.25, 0.3) is 11.3 Å². The summed E-state index contributed by atoms with van der Waals surface area (Å²) in [4.78, 5) is 0. The van der Waals surface area contributed by atoms with Crippen molar-refractivity contribution in [3.05, 3.63) is 77.3 Å². The zero-order valence-electron chi connectivity index (χ0n) is 10.9. The first kappa shape index (κ1) is 12.2. The van der Waals surface area contributed by atoms with Gasteiger partial charge in [-0.3, -0.25) is 5.41 Å². The first-order chi connectivity index (χ1) is 9.81. The van der Waals surface area contributed by atoms with E-state index >= 15 is 0 Å². The van der Waals surface area contributed by atoms with Crippen LogP contribution in [0.4, 0.5) is 0 Å². The summed E-state index contributed by atoms with van der Waals surface area (Å²) >= 11 is 0. The molecule has 1 N–H and O–H groups in total. The molecule has 0 atom stereocenters. The summed E-state index contributed by atoms with van der Waals surface area (Å²) in [6.07, 6.45) is 0. The number of aromatic nitrogens is 1. The average molecular weight is 259 g/mol. The Balaban J connectivity index is 2.21. The lowest BCUT2D eigenvalue weighted by atomic mass is 10.1. The molecule has 1 aromatic rings. The lowest BCUT2D eigenvalue weighted by Gasteiger charge is -2.06. The minimum atomic E-state index is 0.276. The van der Waals surface area contributed by atoms with Crippen LogP contribution in [0.5, 0.6) is 0 Å². The van der Waals surface area contributed by atoms with E-state index in [4.69, 9.17) is 5.41 Å². The molecule has 96 valence electrons. The number of fused-ring (bicyclic) bond motifs is 1. The second-order valence-electron chi connectivity index (χ2n) is 4.62. The molecule has 0 saturated heterocycles. The van der Waals surface area contributed by atoms with Crippen molar-refractivity contribution in [3.63, 3.8) is 0 Å². The minimum Gasteiger partial charge on any atom is -0.321 e. The van der Waals surface area contributed by atoms with Gasteiger partial charge < -0.3 is 4.57 Å². The zero-order chi connectivity index (χ0) is 13.9. The lowest BCUT2D eigenvalue weighted by molar-refractivity contribution is 0.757. The Bertz CT molecular complexity index is 810. The monoisotopic (exact) mass is 259 g/mol. The molecule has 1 heterocycles. The number of benzene rings is 1. The summed E-state index contributed by atoms with van der Waals surface area (Å²) < 4.78 is 1.88. The van der Waals surface area contributed by atoms with E-state index in [0.717, 1.165) is 16.8 Å². The number of nitriles is 1. The molecule has 0 fully saturated rings.